The van der Waals surface area contributed by atoms with Gasteiger partial charge < -0.3 is 10.5 Å². The first-order valence-electron chi connectivity index (χ1n) is 6.17. The third kappa shape index (κ3) is 4.37. The van der Waals surface area contributed by atoms with Gasteiger partial charge in [-0.1, -0.05) is 29.8 Å². The predicted octanol–water partition coefficient (Wildman–Crippen LogP) is 4.44. The first-order chi connectivity index (χ1) is 9.86. The minimum atomic E-state index is -4.39. The zero-order valence-corrected chi connectivity index (χ0v) is 11.7. The summed E-state index contributed by atoms with van der Waals surface area (Å²) < 4.78 is 43.4. The highest BCUT2D eigenvalue weighted by atomic mass is 35.5. The molecule has 2 aromatic rings. The van der Waals surface area contributed by atoms with Crippen molar-refractivity contribution in [1.29, 1.82) is 0 Å². The summed E-state index contributed by atoms with van der Waals surface area (Å²) in [6.45, 7) is 0.0572. The number of nitrogens with two attached hydrogens (primary N) is 1. The Kier molecular flexibility index (Phi) is 4.75. The summed E-state index contributed by atoms with van der Waals surface area (Å²) in [6.07, 6.45) is -4.39. The molecule has 0 aliphatic rings. The van der Waals surface area contributed by atoms with Crippen molar-refractivity contribution in [3.63, 3.8) is 0 Å². The summed E-state index contributed by atoms with van der Waals surface area (Å²) in [5.74, 6) is 0.518. The maximum absolute atomic E-state index is 12.6. The SMILES string of the molecule is NC(COc1cccc(Cl)c1)c1cccc(C(F)(F)F)c1. The van der Waals surface area contributed by atoms with Crippen LogP contribution >= 0.6 is 11.6 Å². The summed E-state index contributed by atoms with van der Waals surface area (Å²) in [7, 11) is 0. The molecule has 0 bridgehead atoms. The Morgan fingerprint density at radius 1 is 1.10 bits per heavy atom. The molecule has 2 nitrogen and oxygen atoms in total. The van der Waals surface area contributed by atoms with E-state index in [1.165, 1.54) is 6.07 Å². The molecule has 1 atom stereocenters. The standard InChI is InChI=1S/C15H13ClF3NO/c16-12-5-2-6-13(8-12)21-9-14(20)10-3-1-4-11(7-10)15(17,18)19/h1-8,14H,9,20H2. The van der Waals surface area contributed by atoms with Crippen molar-refractivity contribution < 1.29 is 17.9 Å². The van der Waals surface area contributed by atoms with Gasteiger partial charge in [0.1, 0.15) is 12.4 Å². The quantitative estimate of drug-likeness (QED) is 0.905. The Morgan fingerprint density at radius 3 is 2.48 bits per heavy atom. The molecule has 0 aliphatic carbocycles. The van der Waals surface area contributed by atoms with E-state index in [0.29, 0.717) is 16.3 Å². The topological polar surface area (TPSA) is 35.2 Å². The third-order valence-electron chi connectivity index (χ3n) is 2.87. The Balaban J connectivity index is 2.05. The number of alkyl halides is 3. The molecule has 6 heteroatoms. The normalized spacial score (nSPS) is 13.0. The van der Waals surface area contributed by atoms with E-state index in [0.717, 1.165) is 12.1 Å². The molecule has 2 N–H and O–H groups in total. The molecule has 21 heavy (non-hydrogen) atoms. The highest BCUT2D eigenvalue weighted by molar-refractivity contribution is 6.30. The molecule has 0 saturated heterocycles. The average molecular weight is 316 g/mol. The van der Waals surface area contributed by atoms with Crippen molar-refractivity contribution in [2.45, 2.75) is 12.2 Å². The van der Waals surface area contributed by atoms with E-state index in [2.05, 4.69) is 0 Å². The number of hydrogen-bond donors (Lipinski definition) is 1. The second kappa shape index (κ2) is 6.37. The van der Waals surface area contributed by atoms with Crippen LogP contribution in [0.3, 0.4) is 0 Å². The zero-order chi connectivity index (χ0) is 15.5. The van der Waals surface area contributed by atoms with Gasteiger partial charge in [0.2, 0.25) is 0 Å². The lowest BCUT2D eigenvalue weighted by Crippen LogP contribution is -2.19. The molecular formula is C15H13ClF3NO. The van der Waals surface area contributed by atoms with Gasteiger partial charge in [-0.25, -0.2) is 0 Å². The van der Waals surface area contributed by atoms with E-state index in [1.54, 1.807) is 30.3 Å². The number of rotatable bonds is 4. The highest BCUT2D eigenvalue weighted by Crippen LogP contribution is 2.30. The highest BCUT2D eigenvalue weighted by Gasteiger charge is 2.30. The van der Waals surface area contributed by atoms with Crippen molar-refractivity contribution in [3.05, 3.63) is 64.7 Å². The van der Waals surface area contributed by atoms with Crippen LogP contribution in [-0.2, 0) is 6.18 Å². The van der Waals surface area contributed by atoms with E-state index in [-0.39, 0.29) is 6.61 Å². The molecule has 0 radical (unpaired) electrons. The largest absolute Gasteiger partial charge is 0.492 e. The zero-order valence-electron chi connectivity index (χ0n) is 10.9. The van der Waals surface area contributed by atoms with Crippen LogP contribution in [0.5, 0.6) is 5.75 Å². The summed E-state index contributed by atoms with van der Waals surface area (Å²) in [4.78, 5) is 0. The molecule has 0 amide bonds. The molecular weight excluding hydrogens is 303 g/mol. The second-order valence-corrected chi connectivity index (χ2v) is 4.93. The first kappa shape index (κ1) is 15.7. The van der Waals surface area contributed by atoms with Crippen LogP contribution < -0.4 is 10.5 Å². The molecule has 0 fully saturated rings. The molecule has 1 unspecified atom stereocenters. The van der Waals surface area contributed by atoms with Gasteiger partial charge >= 0.3 is 6.18 Å². The number of hydrogen-bond acceptors (Lipinski definition) is 2. The lowest BCUT2D eigenvalue weighted by Gasteiger charge is -2.15. The molecule has 0 spiro atoms. The predicted molar refractivity (Wildman–Crippen MR) is 75.3 cm³/mol. The van der Waals surface area contributed by atoms with Gasteiger partial charge in [0.05, 0.1) is 11.6 Å². The Morgan fingerprint density at radius 2 is 1.81 bits per heavy atom. The molecule has 0 aromatic heterocycles. The van der Waals surface area contributed by atoms with Gasteiger partial charge in [-0.05, 0) is 35.9 Å². The van der Waals surface area contributed by atoms with Crippen LogP contribution in [0.2, 0.25) is 5.02 Å². The number of halogens is 4. The van der Waals surface area contributed by atoms with Crippen molar-refractivity contribution in [3.8, 4) is 5.75 Å². The van der Waals surface area contributed by atoms with Crippen LogP contribution in [0, 0.1) is 0 Å². The Hall–Kier alpha value is -1.72. The molecule has 2 rings (SSSR count). The number of benzene rings is 2. The fourth-order valence-corrected chi connectivity index (χ4v) is 1.96. The summed E-state index contributed by atoms with van der Waals surface area (Å²) in [5, 5.41) is 0.514. The van der Waals surface area contributed by atoms with Crippen molar-refractivity contribution in [1.82, 2.24) is 0 Å². The van der Waals surface area contributed by atoms with Gasteiger partial charge in [0.25, 0.3) is 0 Å². The molecule has 0 aliphatic heterocycles. The van der Waals surface area contributed by atoms with Crippen LogP contribution in [0.4, 0.5) is 13.2 Å². The maximum atomic E-state index is 12.6. The van der Waals surface area contributed by atoms with E-state index < -0.39 is 17.8 Å². The van der Waals surface area contributed by atoms with Gasteiger partial charge in [0, 0.05) is 5.02 Å². The van der Waals surface area contributed by atoms with Crippen LogP contribution in [0.25, 0.3) is 0 Å². The lowest BCUT2D eigenvalue weighted by molar-refractivity contribution is -0.137. The van der Waals surface area contributed by atoms with Crippen LogP contribution in [-0.4, -0.2) is 6.61 Å². The van der Waals surface area contributed by atoms with E-state index in [4.69, 9.17) is 22.1 Å². The minimum Gasteiger partial charge on any atom is -0.492 e. The first-order valence-corrected chi connectivity index (χ1v) is 6.55. The van der Waals surface area contributed by atoms with E-state index in [1.807, 2.05) is 0 Å². The molecule has 2 aromatic carbocycles. The Bertz CT molecular complexity index is 616. The Labute approximate surface area is 125 Å². The van der Waals surface area contributed by atoms with Gasteiger partial charge in [0.15, 0.2) is 0 Å². The molecule has 112 valence electrons. The van der Waals surface area contributed by atoms with E-state index in [9.17, 15) is 13.2 Å². The molecule has 0 heterocycles. The summed E-state index contributed by atoms with van der Waals surface area (Å²) in [6, 6.07) is 11.0. The van der Waals surface area contributed by atoms with Crippen molar-refractivity contribution >= 4 is 11.6 Å². The fraction of sp³-hybridized carbons (Fsp3) is 0.200. The summed E-state index contributed by atoms with van der Waals surface area (Å²) in [5.41, 5.74) is 5.51. The van der Waals surface area contributed by atoms with Crippen LogP contribution in [0.15, 0.2) is 48.5 Å². The fourth-order valence-electron chi connectivity index (χ4n) is 1.78. The van der Waals surface area contributed by atoms with Gasteiger partial charge in [-0.3, -0.25) is 0 Å². The number of ether oxygens (including phenoxy) is 1. The lowest BCUT2D eigenvalue weighted by atomic mass is 10.0. The van der Waals surface area contributed by atoms with Gasteiger partial charge in [-0.2, -0.15) is 13.2 Å². The monoisotopic (exact) mass is 315 g/mol. The molecule has 0 saturated carbocycles. The van der Waals surface area contributed by atoms with Crippen LogP contribution in [0.1, 0.15) is 17.2 Å². The van der Waals surface area contributed by atoms with Crippen molar-refractivity contribution in [2.24, 2.45) is 5.73 Å². The van der Waals surface area contributed by atoms with E-state index >= 15 is 0 Å². The average Bonchev–Trinajstić information content (AvgIpc) is 2.44. The smallest absolute Gasteiger partial charge is 0.416 e. The third-order valence-corrected chi connectivity index (χ3v) is 3.10. The second-order valence-electron chi connectivity index (χ2n) is 4.50. The summed E-state index contributed by atoms with van der Waals surface area (Å²) >= 11 is 5.81. The van der Waals surface area contributed by atoms with Gasteiger partial charge in [-0.15, -0.1) is 0 Å². The van der Waals surface area contributed by atoms with Crippen molar-refractivity contribution in [2.75, 3.05) is 6.61 Å². The minimum absolute atomic E-state index is 0.0572. The maximum Gasteiger partial charge on any atom is 0.416 e.